The van der Waals surface area contributed by atoms with Crippen LogP contribution < -0.4 is 10.6 Å². The molecule has 2 N–H and O–H groups in total. The predicted molar refractivity (Wildman–Crippen MR) is 110 cm³/mol. The number of thioether (sulfide) groups is 1. The monoisotopic (exact) mass is 447 g/mol. The molecule has 3 rings (SSSR count). The fourth-order valence-electron chi connectivity index (χ4n) is 3.57. The lowest BCUT2D eigenvalue weighted by molar-refractivity contribution is -0.121. The molecular formula is C20H22BrN3O2S. The molecule has 1 fully saturated rings. The lowest BCUT2D eigenvalue weighted by Crippen LogP contribution is -2.38. The van der Waals surface area contributed by atoms with Crippen LogP contribution in [0.25, 0.3) is 0 Å². The summed E-state index contributed by atoms with van der Waals surface area (Å²) in [5.41, 5.74) is 1.45. The van der Waals surface area contributed by atoms with E-state index in [4.69, 9.17) is 0 Å². The van der Waals surface area contributed by atoms with Gasteiger partial charge in [-0.3, -0.25) is 9.59 Å². The van der Waals surface area contributed by atoms with Crippen LogP contribution in [0.3, 0.4) is 0 Å². The van der Waals surface area contributed by atoms with E-state index in [-0.39, 0.29) is 35.9 Å². The highest BCUT2D eigenvalue weighted by molar-refractivity contribution is 9.10. The van der Waals surface area contributed by atoms with Gasteiger partial charge in [0.05, 0.1) is 22.4 Å². The van der Waals surface area contributed by atoms with E-state index < -0.39 is 0 Å². The van der Waals surface area contributed by atoms with Crippen LogP contribution in [0.15, 0.2) is 39.3 Å². The van der Waals surface area contributed by atoms with E-state index in [0.29, 0.717) is 10.6 Å². The average Bonchev–Trinajstić information content (AvgIpc) is 2.67. The number of nitrogens with zero attached hydrogens (tertiary/aromatic N) is 1. The lowest BCUT2D eigenvalue weighted by atomic mass is 9.87. The Bertz CT molecular complexity index is 779. The maximum Gasteiger partial charge on any atom is 0.230 e. The summed E-state index contributed by atoms with van der Waals surface area (Å²) >= 11 is 4.64. The van der Waals surface area contributed by atoms with Gasteiger partial charge in [-0.1, -0.05) is 59.1 Å². The summed E-state index contributed by atoms with van der Waals surface area (Å²) in [6.07, 6.45) is 5.86. The third kappa shape index (κ3) is 5.36. The highest BCUT2D eigenvalue weighted by Gasteiger charge is 2.30. The number of carbonyl (C=O) groups is 2. The molecule has 1 unspecified atom stereocenters. The normalized spacial score (nSPS) is 20.7. The lowest BCUT2D eigenvalue weighted by Gasteiger charge is -2.26. The van der Waals surface area contributed by atoms with Gasteiger partial charge in [-0.05, 0) is 30.5 Å². The highest BCUT2D eigenvalue weighted by Crippen LogP contribution is 2.36. The van der Waals surface area contributed by atoms with Crippen molar-refractivity contribution in [1.29, 1.82) is 5.26 Å². The molecule has 27 heavy (non-hydrogen) atoms. The first-order valence-corrected chi connectivity index (χ1v) is 11.0. The Kier molecular flexibility index (Phi) is 6.97. The van der Waals surface area contributed by atoms with Crippen molar-refractivity contribution >= 4 is 39.5 Å². The van der Waals surface area contributed by atoms with Gasteiger partial charge in [0, 0.05) is 22.9 Å². The Morgan fingerprint density at radius 3 is 2.63 bits per heavy atom. The summed E-state index contributed by atoms with van der Waals surface area (Å²) in [4.78, 5) is 24.4. The molecule has 2 amide bonds. The quantitative estimate of drug-likeness (QED) is 0.714. The van der Waals surface area contributed by atoms with Crippen LogP contribution in [0.2, 0.25) is 0 Å². The zero-order valence-electron chi connectivity index (χ0n) is 15.0. The molecule has 0 aromatic heterocycles. The van der Waals surface area contributed by atoms with Crippen molar-refractivity contribution in [1.82, 2.24) is 10.6 Å². The molecule has 1 heterocycles. The third-order valence-corrected chi connectivity index (χ3v) is 6.49. The molecule has 0 radical (unpaired) electrons. The molecule has 0 saturated heterocycles. The van der Waals surface area contributed by atoms with E-state index in [0.717, 1.165) is 35.7 Å². The maximum absolute atomic E-state index is 12.3. The number of rotatable bonds is 5. The van der Waals surface area contributed by atoms with Crippen LogP contribution in [0.1, 0.15) is 50.0 Å². The number of nitriles is 1. The third-order valence-electron chi connectivity index (χ3n) is 4.95. The van der Waals surface area contributed by atoms with Crippen LogP contribution in [0.5, 0.6) is 0 Å². The van der Waals surface area contributed by atoms with Crippen molar-refractivity contribution in [2.24, 2.45) is 0 Å². The molecule has 1 aliphatic heterocycles. The number of nitrogens with one attached hydrogen (secondary N) is 2. The number of amides is 2. The Labute approximate surface area is 172 Å². The van der Waals surface area contributed by atoms with Crippen molar-refractivity contribution in [2.75, 3.05) is 5.75 Å². The molecule has 7 heteroatoms. The number of halogens is 1. The summed E-state index contributed by atoms with van der Waals surface area (Å²) in [5, 5.41) is 16.0. The summed E-state index contributed by atoms with van der Waals surface area (Å²) in [5.74, 6) is -0.251. The number of allylic oxidation sites excluding steroid dienone is 1. The second-order valence-electron chi connectivity index (χ2n) is 6.90. The highest BCUT2D eigenvalue weighted by atomic mass is 79.9. The van der Waals surface area contributed by atoms with E-state index in [1.165, 1.54) is 18.2 Å². The summed E-state index contributed by atoms with van der Waals surface area (Å²) < 4.78 is 0.947. The topological polar surface area (TPSA) is 82.0 Å². The van der Waals surface area contributed by atoms with Gasteiger partial charge < -0.3 is 10.6 Å². The Balaban J connectivity index is 1.69. The van der Waals surface area contributed by atoms with Gasteiger partial charge in [0.25, 0.3) is 0 Å². The first-order chi connectivity index (χ1) is 13.1. The van der Waals surface area contributed by atoms with Crippen molar-refractivity contribution in [2.45, 2.75) is 50.5 Å². The van der Waals surface area contributed by atoms with Crippen molar-refractivity contribution in [3.63, 3.8) is 0 Å². The largest absolute Gasteiger partial charge is 0.353 e. The second kappa shape index (κ2) is 9.43. The van der Waals surface area contributed by atoms with E-state index in [1.807, 2.05) is 24.3 Å². The Morgan fingerprint density at radius 1 is 1.26 bits per heavy atom. The van der Waals surface area contributed by atoms with E-state index in [1.54, 1.807) is 0 Å². The summed E-state index contributed by atoms with van der Waals surface area (Å²) in [7, 11) is 0. The second-order valence-corrected chi connectivity index (χ2v) is 8.80. The first kappa shape index (κ1) is 20.0. The van der Waals surface area contributed by atoms with Gasteiger partial charge in [0.1, 0.15) is 0 Å². The van der Waals surface area contributed by atoms with Gasteiger partial charge in [-0.15, -0.1) is 0 Å². The van der Waals surface area contributed by atoms with Gasteiger partial charge in [0.2, 0.25) is 11.8 Å². The molecule has 0 bridgehead atoms. The molecule has 1 atom stereocenters. The van der Waals surface area contributed by atoms with E-state index in [9.17, 15) is 14.9 Å². The van der Waals surface area contributed by atoms with E-state index >= 15 is 0 Å². The van der Waals surface area contributed by atoms with Gasteiger partial charge in [-0.2, -0.15) is 5.26 Å². The molecule has 1 saturated carbocycles. The fourth-order valence-corrected chi connectivity index (χ4v) is 4.72. The number of carbonyl (C=O) groups excluding carboxylic acids is 2. The Morgan fingerprint density at radius 2 is 1.96 bits per heavy atom. The maximum atomic E-state index is 12.3. The number of hydrogen-bond donors (Lipinski definition) is 2. The molecule has 1 aromatic rings. The first-order valence-electron chi connectivity index (χ1n) is 9.18. The summed E-state index contributed by atoms with van der Waals surface area (Å²) in [6, 6.07) is 10.1. The van der Waals surface area contributed by atoms with Crippen LogP contribution in [0, 0.1) is 11.3 Å². The van der Waals surface area contributed by atoms with Crippen LogP contribution in [-0.4, -0.2) is 23.6 Å². The van der Waals surface area contributed by atoms with Crippen LogP contribution in [-0.2, 0) is 9.59 Å². The molecular weight excluding hydrogens is 426 g/mol. The van der Waals surface area contributed by atoms with Crippen molar-refractivity contribution < 1.29 is 9.59 Å². The zero-order chi connectivity index (χ0) is 19.2. The predicted octanol–water partition coefficient (Wildman–Crippen LogP) is 3.97. The molecule has 0 spiro atoms. The molecule has 1 aromatic carbocycles. The zero-order valence-corrected chi connectivity index (χ0v) is 17.4. The minimum Gasteiger partial charge on any atom is -0.353 e. The van der Waals surface area contributed by atoms with Gasteiger partial charge >= 0.3 is 0 Å². The molecule has 1 aliphatic carbocycles. The van der Waals surface area contributed by atoms with Gasteiger partial charge in [-0.25, -0.2) is 0 Å². The van der Waals surface area contributed by atoms with Crippen molar-refractivity contribution in [3.8, 4) is 6.07 Å². The minimum absolute atomic E-state index is 0.0447. The fraction of sp³-hybridized carbons (Fsp3) is 0.450. The molecule has 2 aliphatic rings. The SMILES string of the molecule is N#CC1=C(SCC(=O)NC2CCCCC2)NC(=O)CC1c1ccc(Br)cc1. The van der Waals surface area contributed by atoms with Crippen molar-refractivity contribution in [3.05, 3.63) is 44.9 Å². The molecule has 5 nitrogen and oxygen atoms in total. The Hall–Kier alpha value is -1.78. The number of hydrogen-bond acceptors (Lipinski definition) is 4. The minimum atomic E-state index is -0.277. The summed E-state index contributed by atoms with van der Waals surface area (Å²) in [6.45, 7) is 0. The van der Waals surface area contributed by atoms with E-state index in [2.05, 4.69) is 32.6 Å². The average molecular weight is 448 g/mol. The standard InChI is InChI=1S/C20H22BrN3O2S/c21-14-8-6-13(7-9-14)16-10-18(25)24-20(17(16)11-22)27-12-19(26)23-15-4-2-1-3-5-15/h6-9,15-16H,1-5,10,12H2,(H,23,26)(H,24,25). The van der Waals surface area contributed by atoms with Gasteiger partial charge in [0.15, 0.2) is 0 Å². The van der Waals surface area contributed by atoms with Crippen LogP contribution in [0.4, 0.5) is 0 Å². The number of benzene rings is 1. The molecule has 142 valence electrons. The smallest absolute Gasteiger partial charge is 0.230 e. The van der Waals surface area contributed by atoms with Crippen LogP contribution >= 0.6 is 27.7 Å².